The van der Waals surface area contributed by atoms with Gasteiger partial charge in [-0.1, -0.05) is 33.6 Å². The Hall–Kier alpha value is -1.63. The van der Waals surface area contributed by atoms with Crippen molar-refractivity contribution in [3.63, 3.8) is 0 Å². The smallest absolute Gasteiger partial charge is 0.247 e. The molecular formula is C16H13BrClN3OS. The van der Waals surface area contributed by atoms with Gasteiger partial charge in [-0.25, -0.2) is 5.01 Å². The summed E-state index contributed by atoms with van der Waals surface area (Å²) in [6.07, 6.45) is 0.420. The molecule has 3 rings (SSSR count). The van der Waals surface area contributed by atoms with Crippen molar-refractivity contribution in [2.75, 3.05) is 16.9 Å². The molecule has 1 aliphatic heterocycles. The van der Waals surface area contributed by atoms with Gasteiger partial charge in [0.2, 0.25) is 5.91 Å². The van der Waals surface area contributed by atoms with E-state index >= 15 is 0 Å². The molecule has 7 heteroatoms. The van der Waals surface area contributed by atoms with Crippen LogP contribution in [0.25, 0.3) is 0 Å². The van der Waals surface area contributed by atoms with Gasteiger partial charge >= 0.3 is 0 Å². The van der Waals surface area contributed by atoms with Crippen molar-refractivity contribution in [3.05, 3.63) is 58.0 Å². The van der Waals surface area contributed by atoms with Crippen LogP contribution >= 0.6 is 39.7 Å². The SMILES string of the molecule is O=C1CCN(C(=S)Nc2cccc(Br)c2)N1c1ccc(Cl)cc1. The molecule has 0 unspecified atom stereocenters. The van der Waals surface area contributed by atoms with Gasteiger partial charge in [0.15, 0.2) is 5.11 Å². The summed E-state index contributed by atoms with van der Waals surface area (Å²) in [5.74, 6) is 0.00529. The molecule has 0 aromatic heterocycles. The van der Waals surface area contributed by atoms with Crippen LogP contribution in [0.4, 0.5) is 11.4 Å². The fraction of sp³-hybridized carbons (Fsp3) is 0.125. The molecule has 2 aromatic rings. The number of carbonyl (C=O) groups excluding carboxylic acids is 1. The lowest BCUT2D eigenvalue weighted by atomic mass is 10.3. The summed E-state index contributed by atoms with van der Waals surface area (Å²) >= 11 is 14.8. The average molecular weight is 411 g/mol. The zero-order chi connectivity index (χ0) is 16.4. The minimum atomic E-state index is 0.00529. The monoisotopic (exact) mass is 409 g/mol. The first kappa shape index (κ1) is 16.2. The van der Waals surface area contributed by atoms with E-state index in [2.05, 4.69) is 21.2 Å². The second-order valence-corrected chi connectivity index (χ2v) is 6.73. The predicted octanol–water partition coefficient (Wildman–Crippen LogP) is 4.45. The number of nitrogens with zero attached hydrogens (tertiary/aromatic N) is 2. The van der Waals surface area contributed by atoms with Gasteiger partial charge in [-0.05, 0) is 54.7 Å². The molecule has 1 saturated heterocycles. The number of amides is 1. The lowest BCUT2D eigenvalue weighted by Gasteiger charge is -2.30. The molecule has 1 heterocycles. The molecule has 1 N–H and O–H groups in total. The Labute approximate surface area is 153 Å². The summed E-state index contributed by atoms with van der Waals surface area (Å²) in [6, 6.07) is 14.8. The molecule has 23 heavy (non-hydrogen) atoms. The highest BCUT2D eigenvalue weighted by molar-refractivity contribution is 9.10. The van der Waals surface area contributed by atoms with E-state index in [9.17, 15) is 4.79 Å². The van der Waals surface area contributed by atoms with Crippen molar-refractivity contribution in [2.24, 2.45) is 0 Å². The highest BCUT2D eigenvalue weighted by Crippen LogP contribution is 2.25. The molecule has 0 atom stereocenters. The summed E-state index contributed by atoms with van der Waals surface area (Å²) in [7, 11) is 0. The van der Waals surface area contributed by atoms with E-state index in [-0.39, 0.29) is 5.91 Å². The number of anilines is 2. The standard InChI is InChI=1S/C16H13BrClN3OS/c17-11-2-1-3-13(10-11)19-16(23)20-9-8-15(22)21(20)14-6-4-12(18)5-7-14/h1-7,10H,8-9H2,(H,19,23). The van der Waals surface area contributed by atoms with Crippen molar-refractivity contribution in [2.45, 2.75) is 6.42 Å². The largest absolute Gasteiger partial charge is 0.331 e. The van der Waals surface area contributed by atoms with Crippen LogP contribution in [0.15, 0.2) is 53.0 Å². The van der Waals surface area contributed by atoms with E-state index in [1.165, 1.54) is 0 Å². The van der Waals surface area contributed by atoms with E-state index < -0.39 is 0 Å². The maximum atomic E-state index is 12.2. The lowest BCUT2D eigenvalue weighted by molar-refractivity contribution is -0.117. The minimum Gasteiger partial charge on any atom is -0.331 e. The van der Waals surface area contributed by atoms with Crippen molar-refractivity contribution in [3.8, 4) is 0 Å². The molecule has 1 amide bonds. The molecule has 2 aromatic carbocycles. The average Bonchev–Trinajstić information content (AvgIpc) is 2.90. The van der Waals surface area contributed by atoms with Gasteiger partial charge in [0, 0.05) is 21.6 Å². The van der Waals surface area contributed by atoms with Gasteiger partial charge in [-0.3, -0.25) is 9.80 Å². The van der Waals surface area contributed by atoms with E-state index in [0.717, 1.165) is 15.8 Å². The van der Waals surface area contributed by atoms with E-state index in [0.29, 0.717) is 23.1 Å². The molecule has 1 aliphatic rings. The number of hydrogen-bond acceptors (Lipinski definition) is 2. The third kappa shape index (κ3) is 3.65. The van der Waals surface area contributed by atoms with Crippen LogP contribution in [-0.2, 0) is 4.79 Å². The molecule has 0 saturated carbocycles. The van der Waals surface area contributed by atoms with Crippen molar-refractivity contribution in [1.82, 2.24) is 5.01 Å². The molecule has 0 bridgehead atoms. The van der Waals surface area contributed by atoms with Crippen LogP contribution in [-0.4, -0.2) is 22.6 Å². The lowest BCUT2D eigenvalue weighted by Crippen LogP contribution is -2.45. The van der Waals surface area contributed by atoms with Gasteiger partial charge < -0.3 is 5.32 Å². The summed E-state index contributed by atoms with van der Waals surface area (Å²) in [5, 5.41) is 7.62. The molecular weight excluding hydrogens is 398 g/mol. The second-order valence-electron chi connectivity index (χ2n) is 5.00. The number of hydrogen-bond donors (Lipinski definition) is 1. The highest BCUT2D eigenvalue weighted by atomic mass is 79.9. The van der Waals surface area contributed by atoms with Gasteiger partial charge in [-0.2, -0.15) is 0 Å². The highest BCUT2D eigenvalue weighted by Gasteiger charge is 2.32. The Balaban J connectivity index is 1.81. The Kier molecular flexibility index (Phi) is 4.84. The number of halogens is 2. The molecule has 0 radical (unpaired) electrons. The molecule has 1 fully saturated rings. The van der Waals surface area contributed by atoms with Gasteiger partial charge in [-0.15, -0.1) is 0 Å². The Bertz CT molecular complexity index is 753. The number of thiocarbonyl (C=S) groups is 1. The topological polar surface area (TPSA) is 35.6 Å². The quantitative estimate of drug-likeness (QED) is 0.742. The van der Waals surface area contributed by atoms with Crippen LogP contribution in [0, 0.1) is 0 Å². The predicted molar refractivity (Wildman–Crippen MR) is 101 cm³/mol. The van der Waals surface area contributed by atoms with E-state index in [1.54, 1.807) is 34.3 Å². The second kappa shape index (κ2) is 6.86. The van der Waals surface area contributed by atoms with E-state index in [4.69, 9.17) is 23.8 Å². The maximum Gasteiger partial charge on any atom is 0.247 e. The molecule has 0 aliphatic carbocycles. The Morgan fingerprint density at radius 2 is 1.96 bits per heavy atom. The van der Waals surface area contributed by atoms with Crippen molar-refractivity contribution >= 4 is 62.1 Å². The third-order valence-corrected chi connectivity index (χ3v) is 4.45. The fourth-order valence-corrected chi connectivity index (χ4v) is 3.17. The number of hydrazine groups is 1. The van der Waals surface area contributed by atoms with Crippen LogP contribution in [0.3, 0.4) is 0 Å². The van der Waals surface area contributed by atoms with Crippen molar-refractivity contribution in [1.29, 1.82) is 0 Å². The fourth-order valence-electron chi connectivity index (χ4n) is 2.35. The maximum absolute atomic E-state index is 12.2. The molecule has 0 spiro atoms. The molecule has 118 valence electrons. The first-order valence-corrected chi connectivity index (χ1v) is 8.55. The summed E-state index contributed by atoms with van der Waals surface area (Å²) in [5.41, 5.74) is 1.61. The third-order valence-electron chi connectivity index (χ3n) is 3.40. The van der Waals surface area contributed by atoms with Gasteiger partial charge in [0.05, 0.1) is 12.2 Å². The number of carbonyl (C=O) groups is 1. The van der Waals surface area contributed by atoms with Crippen LogP contribution in [0.1, 0.15) is 6.42 Å². The Morgan fingerprint density at radius 1 is 1.22 bits per heavy atom. The van der Waals surface area contributed by atoms with Crippen LogP contribution in [0.2, 0.25) is 5.02 Å². The molecule has 4 nitrogen and oxygen atoms in total. The number of rotatable bonds is 2. The Morgan fingerprint density at radius 3 is 2.65 bits per heavy atom. The zero-order valence-corrected chi connectivity index (χ0v) is 15.2. The normalized spacial score (nSPS) is 14.3. The van der Waals surface area contributed by atoms with Crippen LogP contribution in [0.5, 0.6) is 0 Å². The summed E-state index contributed by atoms with van der Waals surface area (Å²) < 4.78 is 0.956. The summed E-state index contributed by atoms with van der Waals surface area (Å²) in [4.78, 5) is 12.2. The summed E-state index contributed by atoms with van der Waals surface area (Å²) in [6.45, 7) is 0.543. The number of benzene rings is 2. The first-order chi connectivity index (χ1) is 11.0. The van der Waals surface area contributed by atoms with E-state index in [1.807, 2.05) is 24.3 Å². The van der Waals surface area contributed by atoms with Crippen LogP contribution < -0.4 is 10.3 Å². The van der Waals surface area contributed by atoms with Gasteiger partial charge in [0.1, 0.15) is 0 Å². The zero-order valence-electron chi connectivity index (χ0n) is 12.0. The first-order valence-electron chi connectivity index (χ1n) is 6.97. The minimum absolute atomic E-state index is 0.00529. The van der Waals surface area contributed by atoms with Crippen molar-refractivity contribution < 1.29 is 4.79 Å². The number of nitrogens with one attached hydrogen (secondary N) is 1. The van der Waals surface area contributed by atoms with Gasteiger partial charge in [0.25, 0.3) is 0 Å².